The van der Waals surface area contributed by atoms with Gasteiger partial charge in [0.05, 0.1) is 35.5 Å². The maximum atomic E-state index is 11.9. The summed E-state index contributed by atoms with van der Waals surface area (Å²) in [5, 5.41) is 18.7. The fraction of sp³-hybridized carbons (Fsp3) is 0.167. The fourth-order valence-corrected chi connectivity index (χ4v) is 2.96. The number of hydrogen-bond donors (Lipinski definition) is 2. The number of ether oxygens (including phenoxy) is 2. The molecule has 8 heteroatoms. The lowest BCUT2D eigenvalue weighted by molar-refractivity contribution is 0.0432. The van der Waals surface area contributed by atoms with Gasteiger partial charge in [-0.2, -0.15) is 0 Å². The Kier molecular flexibility index (Phi) is 7.17. The molecule has 0 fully saturated rings. The van der Waals surface area contributed by atoms with Crippen LogP contribution in [0.4, 0.5) is 0 Å². The quantitative estimate of drug-likeness (QED) is 0.577. The van der Waals surface area contributed by atoms with Gasteiger partial charge >= 0.3 is 23.9 Å². The highest BCUT2D eigenvalue weighted by atomic mass is 16.5. The zero-order chi connectivity index (χ0) is 23.1. The van der Waals surface area contributed by atoms with Crippen molar-refractivity contribution in [3.63, 3.8) is 0 Å². The van der Waals surface area contributed by atoms with E-state index < -0.39 is 11.9 Å². The van der Waals surface area contributed by atoms with Gasteiger partial charge in [0.25, 0.3) is 0 Å². The van der Waals surface area contributed by atoms with Crippen LogP contribution in [0.2, 0.25) is 0 Å². The Bertz CT molecular complexity index is 1070. The minimum Gasteiger partial charge on any atom is -0.478 e. The summed E-state index contributed by atoms with van der Waals surface area (Å²) in [6.45, 7) is 0.679. The molecule has 2 aliphatic rings. The maximum Gasteiger partial charge on any atom is 0.338 e. The summed E-state index contributed by atoms with van der Waals surface area (Å²) in [6.07, 6.45) is 1.36. The Morgan fingerprint density at radius 1 is 0.625 bits per heavy atom. The molecule has 3 aromatic rings. The molecule has 0 aliphatic carbocycles. The minimum atomic E-state index is -1.06. The second-order valence-electron chi connectivity index (χ2n) is 6.94. The molecule has 0 saturated heterocycles. The molecule has 3 aromatic carbocycles. The molecule has 164 valence electrons. The minimum absolute atomic E-state index is 0.0833. The third-order valence-electron chi connectivity index (χ3n) is 4.70. The number of rotatable bonds is 2. The van der Waals surface area contributed by atoms with Gasteiger partial charge in [0.15, 0.2) is 0 Å². The topological polar surface area (TPSA) is 127 Å². The fourth-order valence-electron chi connectivity index (χ4n) is 2.96. The highest BCUT2D eigenvalue weighted by Crippen LogP contribution is 2.20. The van der Waals surface area contributed by atoms with Crippen molar-refractivity contribution in [2.24, 2.45) is 0 Å². The van der Waals surface area contributed by atoms with Crippen molar-refractivity contribution in [3.8, 4) is 0 Å². The number of esters is 2. The van der Waals surface area contributed by atoms with Crippen LogP contribution in [-0.4, -0.2) is 47.3 Å². The molecule has 4 bridgehead atoms. The molecule has 2 heterocycles. The van der Waals surface area contributed by atoms with Crippen LogP contribution >= 0.6 is 0 Å². The van der Waals surface area contributed by atoms with Crippen molar-refractivity contribution < 1.29 is 38.9 Å². The maximum absolute atomic E-state index is 11.9. The molecule has 0 saturated carbocycles. The summed E-state index contributed by atoms with van der Waals surface area (Å²) in [5.74, 6) is -2.76. The zero-order valence-corrected chi connectivity index (χ0v) is 16.9. The summed E-state index contributed by atoms with van der Waals surface area (Å²) in [4.78, 5) is 44.4. The molecular weight excluding hydrogens is 416 g/mol. The number of fused-ring (bicyclic) bond motifs is 9. The summed E-state index contributed by atoms with van der Waals surface area (Å²) >= 11 is 0. The van der Waals surface area contributed by atoms with E-state index in [0.29, 0.717) is 37.2 Å². The summed E-state index contributed by atoms with van der Waals surface area (Å²) < 4.78 is 10.4. The number of carboxylic acid groups (broad SMARTS) is 2. The van der Waals surface area contributed by atoms with Crippen molar-refractivity contribution in [2.75, 3.05) is 13.2 Å². The van der Waals surface area contributed by atoms with E-state index in [1.165, 1.54) is 24.3 Å². The first-order chi connectivity index (χ1) is 15.3. The molecule has 8 nitrogen and oxygen atoms in total. The number of carboxylic acids is 2. The highest BCUT2D eigenvalue weighted by Gasteiger charge is 2.12. The van der Waals surface area contributed by atoms with Crippen LogP contribution in [0.25, 0.3) is 10.8 Å². The van der Waals surface area contributed by atoms with Crippen molar-refractivity contribution in [1.82, 2.24) is 0 Å². The van der Waals surface area contributed by atoms with Crippen LogP contribution in [0.5, 0.6) is 0 Å². The van der Waals surface area contributed by atoms with E-state index in [0.717, 1.165) is 10.8 Å². The number of carbonyl (C=O) groups is 4. The Hall–Kier alpha value is -4.20. The van der Waals surface area contributed by atoms with Gasteiger partial charge in [-0.1, -0.05) is 12.1 Å². The third-order valence-corrected chi connectivity index (χ3v) is 4.70. The molecule has 2 N–H and O–H groups in total. The Morgan fingerprint density at radius 3 is 1.34 bits per heavy atom. The van der Waals surface area contributed by atoms with E-state index in [1.54, 1.807) is 24.3 Å². The average Bonchev–Trinajstić information content (AvgIpc) is 2.80. The van der Waals surface area contributed by atoms with Crippen molar-refractivity contribution in [3.05, 3.63) is 82.9 Å². The van der Waals surface area contributed by atoms with E-state index in [4.69, 9.17) is 19.7 Å². The standard InChI is InChI=1S/C16H14O4.C8H6O4/c17-15-13-5-3-12-10-14(6-4-11(12)9-13)16(18)20-8-2-1-7-19-15;9-7(10)5-1-2-6(4-3-5)8(11)12/h3-6,9-10H,1-2,7-8H2;1-4H,(H,9,10)(H,11,12). The van der Waals surface area contributed by atoms with Gasteiger partial charge in [-0.3, -0.25) is 0 Å². The lowest BCUT2D eigenvalue weighted by Gasteiger charge is -2.09. The smallest absolute Gasteiger partial charge is 0.338 e. The first-order valence-corrected chi connectivity index (χ1v) is 9.80. The summed E-state index contributed by atoms with van der Waals surface area (Å²) in [6, 6.07) is 15.6. The van der Waals surface area contributed by atoms with Crippen LogP contribution in [0.15, 0.2) is 60.7 Å². The molecule has 2 aliphatic heterocycles. The molecule has 5 rings (SSSR count). The van der Waals surface area contributed by atoms with Gasteiger partial charge in [-0.15, -0.1) is 0 Å². The van der Waals surface area contributed by atoms with Crippen LogP contribution in [0.3, 0.4) is 0 Å². The molecule has 0 spiro atoms. The molecule has 32 heavy (non-hydrogen) atoms. The monoisotopic (exact) mass is 436 g/mol. The number of benzene rings is 3. The van der Waals surface area contributed by atoms with E-state index in [2.05, 4.69) is 0 Å². The molecule has 0 amide bonds. The van der Waals surface area contributed by atoms with E-state index in [9.17, 15) is 19.2 Å². The van der Waals surface area contributed by atoms with E-state index in [1.807, 2.05) is 12.1 Å². The van der Waals surface area contributed by atoms with Crippen LogP contribution in [0.1, 0.15) is 54.3 Å². The largest absolute Gasteiger partial charge is 0.478 e. The Balaban J connectivity index is 0.000000207. The molecule has 0 unspecified atom stereocenters. The first-order valence-electron chi connectivity index (χ1n) is 9.80. The zero-order valence-electron chi connectivity index (χ0n) is 16.9. The number of aromatic carboxylic acids is 2. The molecule has 0 aromatic heterocycles. The SMILES string of the molecule is O=C(O)c1ccc(C(=O)O)cc1.O=C1OCCCCOC(=O)c2ccc3cc1ccc3c2. The predicted octanol–water partition coefficient (Wildman–Crippen LogP) is 4.03. The Labute approximate surface area is 183 Å². The molecule has 0 atom stereocenters. The van der Waals surface area contributed by atoms with Crippen LogP contribution in [0, 0.1) is 0 Å². The lowest BCUT2D eigenvalue weighted by Crippen LogP contribution is -2.10. The Morgan fingerprint density at radius 2 is 1.00 bits per heavy atom. The van der Waals surface area contributed by atoms with Gasteiger partial charge in [-0.25, -0.2) is 19.2 Å². The molecule has 0 radical (unpaired) electrons. The van der Waals surface area contributed by atoms with Gasteiger partial charge < -0.3 is 19.7 Å². The number of hydrogen-bond acceptors (Lipinski definition) is 6. The second-order valence-corrected chi connectivity index (χ2v) is 6.94. The van der Waals surface area contributed by atoms with Crippen molar-refractivity contribution in [2.45, 2.75) is 12.8 Å². The average molecular weight is 436 g/mol. The normalized spacial score (nSPS) is 13.6. The third kappa shape index (κ3) is 5.69. The first kappa shape index (κ1) is 22.5. The van der Waals surface area contributed by atoms with Gasteiger partial charge in [0.2, 0.25) is 0 Å². The van der Waals surface area contributed by atoms with Crippen LogP contribution < -0.4 is 0 Å². The molecular formula is C24H20O8. The van der Waals surface area contributed by atoms with Crippen molar-refractivity contribution >= 4 is 34.6 Å². The highest BCUT2D eigenvalue weighted by molar-refractivity contribution is 5.99. The van der Waals surface area contributed by atoms with Crippen LogP contribution in [-0.2, 0) is 9.47 Å². The summed E-state index contributed by atoms with van der Waals surface area (Å²) in [7, 11) is 0. The van der Waals surface area contributed by atoms with E-state index in [-0.39, 0.29) is 23.1 Å². The second kappa shape index (κ2) is 10.2. The van der Waals surface area contributed by atoms with Gasteiger partial charge in [0.1, 0.15) is 0 Å². The van der Waals surface area contributed by atoms with Gasteiger partial charge in [0, 0.05) is 0 Å². The van der Waals surface area contributed by atoms with Gasteiger partial charge in [-0.05, 0) is 72.1 Å². The number of carbonyl (C=O) groups excluding carboxylic acids is 2. The summed E-state index contributed by atoms with van der Waals surface area (Å²) in [5.41, 5.74) is 1.23. The predicted molar refractivity (Wildman–Crippen MR) is 114 cm³/mol. The lowest BCUT2D eigenvalue weighted by atomic mass is 10.0. The van der Waals surface area contributed by atoms with E-state index >= 15 is 0 Å². The van der Waals surface area contributed by atoms with Crippen molar-refractivity contribution in [1.29, 1.82) is 0 Å².